The number of hydrogen-bond acceptors (Lipinski definition) is 8. The minimum absolute atomic E-state index is 0.0443. The first kappa shape index (κ1) is 22.0. The van der Waals surface area contributed by atoms with Crippen molar-refractivity contribution in [1.82, 2.24) is 9.80 Å². The molecule has 2 aliphatic rings. The molecule has 0 aliphatic carbocycles. The van der Waals surface area contributed by atoms with Gasteiger partial charge in [0.25, 0.3) is 17.7 Å². The average molecular weight is 406 g/mol. The monoisotopic (exact) mass is 406 g/mol. The van der Waals surface area contributed by atoms with Gasteiger partial charge in [-0.15, -0.1) is 0 Å². The van der Waals surface area contributed by atoms with E-state index in [0.29, 0.717) is 5.69 Å². The summed E-state index contributed by atoms with van der Waals surface area (Å²) >= 11 is 0. The maximum absolute atomic E-state index is 12.7. The molecule has 2 heterocycles. The normalized spacial score (nSPS) is 18.4. The molecule has 5 N–H and O–H groups in total. The maximum atomic E-state index is 12.7. The Hall–Kier alpha value is -3.31. The highest BCUT2D eigenvalue weighted by atomic mass is 16.4. The fraction of sp³-hybridized carbons (Fsp3) is 0.389. The molecule has 1 aromatic carbocycles. The Morgan fingerprint density at radius 3 is 2.45 bits per heavy atom. The summed E-state index contributed by atoms with van der Waals surface area (Å²) in [5.74, 6) is -3.08. The van der Waals surface area contributed by atoms with Gasteiger partial charge in [-0.25, -0.2) is 0 Å². The predicted molar refractivity (Wildman–Crippen MR) is 100 cm³/mol. The number of carboxylic acids is 1. The molecule has 1 atom stereocenters. The fourth-order valence-corrected chi connectivity index (χ4v) is 3.19. The molecule has 0 spiro atoms. The van der Waals surface area contributed by atoms with Crippen LogP contribution in [0.1, 0.15) is 33.6 Å². The van der Waals surface area contributed by atoms with Crippen molar-refractivity contribution in [2.45, 2.75) is 18.9 Å². The van der Waals surface area contributed by atoms with Crippen molar-refractivity contribution >= 4 is 35.3 Å². The van der Waals surface area contributed by atoms with Gasteiger partial charge in [-0.2, -0.15) is 0 Å². The van der Waals surface area contributed by atoms with Crippen LogP contribution < -0.4 is 11.1 Å². The van der Waals surface area contributed by atoms with Crippen LogP contribution in [-0.2, 0) is 14.4 Å². The molecule has 3 rings (SSSR count). The molecule has 0 radical (unpaired) electrons. The molecular formula is C18H22N4O7. The number of nitrogens with zero attached hydrogens (tertiary/aromatic N) is 2. The van der Waals surface area contributed by atoms with Gasteiger partial charge in [0, 0.05) is 19.2 Å². The average Bonchev–Trinajstić information content (AvgIpc) is 2.96. The molecule has 1 fully saturated rings. The molecule has 11 nitrogen and oxygen atoms in total. The first-order chi connectivity index (χ1) is 13.8. The van der Waals surface area contributed by atoms with Gasteiger partial charge in [0.2, 0.25) is 5.91 Å². The number of carbonyl (C=O) groups is 5. The summed E-state index contributed by atoms with van der Waals surface area (Å²) in [6.07, 6.45) is 0.142. The van der Waals surface area contributed by atoms with E-state index in [1.165, 1.54) is 0 Å². The van der Waals surface area contributed by atoms with Crippen LogP contribution in [0.5, 0.6) is 0 Å². The standard InChI is InChI=1S/C16H17N3O5.C2H5NO2/c1-17-10-4-2-3-9-13(10)16(24)19(14(9)22)11-5-6-12(21)18(7-8-20)15(11)23;3-1-2(4)5/h2-4,11,17,20H,5-8H2,1H3;1,3H2,(H,4,5). The number of hydrogen-bond donors (Lipinski definition) is 4. The van der Waals surface area contributed by atoms with E-state index >= 15 is 0 Å². The van der Waals surface area contributed by atoms with Gasteiger partial charge in [-0.1, -0.05) is 6.07 Å². The largest absolute Gasteiger partial charge is 0.480 e. The number of imide groups is 2. The second-order valence-electron chi connectivity index (χ2n) is 6.22. The first-order valence-corrected chi connectivity index (χ1v) is 8.84. The van der Waals surface area contributed by atoms with Crippen LogP contribution in [0.3, 0.4) is 0 Å². The molecule has 2 aliphatic heterocycles. The topological polar surface area (TPSA) is 170 Å². The Morgan fingerprint density at radius 1 is 1.24 bits per heavy atom. The highest BCUT2D eigenvalue weighted by Crippen LogP contribution is 2.32. The van der Waals surface area contributed by atoms with Crippen LogP contribution in [-0.4, -0.2) is 82.4 Å². The number of aliphatic hydroxyl groups is 1. The summed E-state index contributed by atoms with van der Waals surface area (Å²) in [7, 11) is 1.64. The third-order valence-electron chi connectivity index (χ3n) is 4.51. The third-order valence-corrected chi connectivity index (χ3v) is 4.51. The van der Waals surface area contributed by atoms with Crippen molar-refractivity contribution in [3.8, 4) is 0 Å². The van der Waals surface area contributed by atoms with Crippen molar-refractivity contribution in [2.75, 3.05) is 32.1 Å². The molecule has 0 saturated carbocycles. The highest BCUT2D eigenvalue weighted by Gasteiger charge is 2.47. The van der Waals surface area contributed by atoms with Gasteiger partial charge in [0.15, 0.2) is 0 Å². The van der Waals surface area contributed by atoms with E-state index in [4.69, 9.17) is 10.2 Å². The predicted octanol–water partition coefficient (Wildman–Crippen LogP) is -1.14. The lowest BCUT2D eigenvalue weighted by atomic mass is 10.0. The van der Waals surface area contributed by atoms with Crippen LogP contribution >= 0.6 is 0 Å². The number of fused-ring (bicyclic) bond motifs is 1. The van der Waals surface area contributed by atoms with Crippen LogP contribution in [0.2, 0.25) is 0 Å². The minimum Gasteiger partial charge on any atom is -0.480 e. The van der Waals surface area contributed by atoms with Crippen molar-refractivity contribution in [2.24, 2.45) is 5.73 Å². The van der Waals surface area contributed by atoms with Crippen molar-refractivity contribution in [3.63, 3.8) is 0 Å². The van der Waals surface area contributed by atoms with E-state index in [0.717, 1.165) is 9.80 Å². The fourth-order valence-electron chi connectivity index (χ4n) is 3.19. The number of carbonyl (C=O) groups excluding carboxylic acids is 4. The second-order valence-corrected chi connectivity index (χ2v) is 6.22. The zero-order valence-electron chi connectivity index (χ0n) is 15.8. The molecule has 0 aromatic heterocycles. The van der Waals surface area contributed by atoms with Gasteiger partial charge in [-0.3, -0.25) is 33.8 Å². The Balaban J connectivity index is 0.000000537. The zero-order chi connectivity index (χ0) is 21.7. The SMILES string of the molecule is CNc1cccc2c1C(=O)N(C1CCC(=O)N(CCO)C1=O)C2=O.NCC(=O)O. The number of benzene rings is 1. The Labute approximate surface area is 166 Å². The van der Waals surface area contributed by atoms with Crippen LogP contribution in [0.25, 0.3) is 0 Å². The highest BCUT2D eigenvalue weighted by molar-refractivity contribution is 6.25. The molecule has 1 aromatic rings. The van der Waals surface area contributed by atoms with Crippen molar-refractivity contribution < 1.29 is 34.2 Å². The molecule has 0 bridgehead atoms. The van der Waals surface area contributed by atoms with Gasteiger partial charge in [0.05, 0.1) is 30.8 Å². The lowest BCUT2D eigenvalue weighted by Crippen LogP contribution is -2.56. The quantitative estimate of drug-likeness (QED) is 0.441. The van der Waals surface area contributed by atoms with E-state index < -0.39 is 35.6 Å². The zero-order valence-corrected chi connectivity index (χ0v) is 15.8. The lowest BCUT2D eigenvalue weighted by Gasteiger charge is -2.34. The number of aliphatic carboxylic acids is 1. The maximum Gasteiger partial charge on any atom is 0.317 e. The molecule has 11 heteroatoms. The summed E-state index contributed by atoms with van der Waals surface area (Å²) in [4.78, 5) is 60.8. The van der Waals surface area contributed by atoms with E-state index in [1.807, 2.05) is 0 Å². The van der Waals surface area contributed by atoms with Crippen molar-refractivity contribution in [1.29, 1.82) is 0 Å². The van der Waals surface area contributed by atoms with E-state index in [9.17, 15) is 24.0 Å². The number of rotatable bonds is 5. The number of anilines is 1. The second kappa shape index (κ2) is 9.26. The van der Waals surface area contributed by atoms with Gasteiger partial charge < -0.3 is 21.3 Å². The van der Waals surface area contributed by atoms with Crippen LogP contribution in [0, 0.1) is 0 Å². The number of piperidine rings is 1. The summed E-state index contributed by atoms with van der Waals surface area (Å²) < 4.78 is 0. The molecular weight excluding hydrogens is 384 g/mol. The number of β-amino-alcohol motifs (C(OH)–C–C–N with tert-alkyl or cyclic N) is 1. The molecule has 1 unspecified atom stereocenters. The molecule has 156 valence electrons. The number of nitrogens with one attached hydrogen (secondary N) is 1. The number of amides is 4. The molecule has 1 saturated heterocycles. The summed E-state index contributed by atoms with van der Waals surface area (Å²) in [6, 6.07) is 3.85. The number of likely N-dealkylation sites (tertiary alicyclic amines) is 1. The van der Waals surface area contributed by atoms with Gasteiger partial charge in [0.1, 0.15) is 6.04 Å². The number of carboxylic acid groups (broad SMARTS) is 1. The summed E-state index contributed by atoms with van der Waals surface area (Å²) in [5.41, 5.74) is 5.57. The Kier molecular flexibility index (Phi) is 7.02. The first-order valence-electron chi connectivity index (χ1n) is 8.84. The number of nitrogens with two attached hydrogens (primary N) is 1. The smallest absolute Gasteiger partial charge is 0.317 e. The van der Waals surface area contributed by atoms with Crippen LogP contribution in [0.15, 0.2) is 18.2 Å². The Bertz CT molecular complexity index is 855. The third kappa shape index (κ3) is 4.25. The minimum atomic E-state index is -1.02. The van der Waals surface area contributed by atoms with E-state index in [-0.39, 0.29) is 43.7 Å². The van der Waals surface area contributed by atoms with E-state index in [1.54, 1.807) is 25.2 Å². The summed E-state index contributed by atoms with van der Waals surface area (Å²) in [6.45, 7) is -0.782. The lowest BCUT2D eigenvalue weighted by molar-refractivity contribution is -0.152. The Morgan fingerprint density at radius 2 is 1.90 bits per heavy atom. The molecule has 29 heavy (non-hydrogen) atoms. The van der Waals surface area contributed by atoms with Crippen LogP contribution in [0.4, 0.5) is 5.69 Å². The number of aliphatic hydroxyl groups excluding tert-OH is 1. The van der Waals surface area contributed by atoms with Gasteiger partial charge >= 0.3 is 5.97 Å². The molecule has 4 amide bonds. The van der Waals surface area contributed by atoms with Crippen molar-refractivity contribution in [3.05, 3.63) is 29.3 Å². The summed E-state index contributed by atoms with van der Waals surface area (Å²) in [5, 5.41) is 19.5. The van der Waals surface area contributed by atoms with Gasteiger partial charge in [-0.05, 0) is 18.6 Å². The van der Waals surface area contributed by atoms with E-state index in [2.05, 4.69) is 11.1 Å².